The molecule has 0 heterocycles. The predicted molar refractivity (Wildman–Crippen MR) is 92.7 cm³/mol. The van der Waals surface area contributed by atoms with Crippen molar-refractivity contribution in [3.8, 4) is 0 Å². The van der Waals surface area contributed by atoms with E-state index in [0.29, 0.717) is 5.92 Å². The van der Waals surface area contributed by atoms with E-state index < -0.39 is 30.3 Å². The third-order valence-electron chi connectivity index (χ3n) is 4.36. The lowest BCUT2D eigenvalue weighted by atomic mass is 9.75. The summed E-state index contributed by atoms with van der Waals surface area (Å²) >= 11 is 0. The van der Waals surface area contributed by atoms with Crippen LogP contribution >= 0.6 is 0 Å². The number of hydrogen-bond donors (Lipinski definition) is 4. The van der Waals surface area contributed by atoms with Crippen molar-refractivity contribution in [2.45, 2.75) is 51.6 Å². The van der Waals surface area contributed by atoms with E-state index in [1.807, 2.05) is 30.4 Å². The van der Waals surface area contributed by atoms with Gasteiger partial charge in [-0.25, -0.2) is 0 Å². The quantitative estimate of drug-likeness (QED) is 0.427. The Kier molecular flexibility index (Phi) is 8.48. The number of aliphatic hydroxyl groups is 4. The fraction of sp³-hybridized carbons (Fsp3) is 0.579. The molecule has 0 saturated carbocycles. The van der Waals surface area contributed by atoms with Crippen molar-refractivity contribution in [3.63, 3.8) is 0 Å². The highest BCUT2D eigenvalue weighted by atomic mass is 16.3. The van der Waals surface area contributed by atoms with Crippen molar-refractivity contribution in [1.29, 1.82) is 0 Å². The lowest BCUT2D eigenvalue weighted by Crippen LogP contribution is -2.48. The molecule has 4 N–H and O–H groups in total. The largest absolute Gasteiger partial charge is 0.391 e. The van der Waals surface area contributed by atoms with Gasteiger partial charge in [-0.3, -0.25) is 0 Å². The van der Waals surface area contributed by atoms with Crippen LogP contribution in [0.1, 0.15) is 27.2 Å². The van der Waals surface area contributed by atoms with E-state index in [1.165, 1.54) is 13.0 Å². The zero-order chi connectivity index (χ0) is 17.4. The lowest BCUT2D eigenvalue weighted by molar-refractivity contribution is -0.0917. The van der Waals surface area contributed by atoms with Gasteiger partial charge in [0.1, 0.15) is 0 Å². The van der Waals surface area contributed by atoms with E-state index in [4.69, 9.17) is 0 Å². The molecule has 0 spiro atoms. The Morgan fingerprint density at radius 2 is 1.65 bits per heavy atom. The molecule has 7 unspecified atom stereocenters. The van der Waals surface area contributed by atoms with Gasteiger partial charge in [0.2, 0.25) is 0 Å². The van der Waals surface area contributed by atoms with Gasteiger partial charge < -0.3 is 20.4 Å². The highest BCUT2D eigenvalue weighted by Crippen LogP contribution is 2.31. The van der Waals surface area contributed by atoms with Crippen molar-refractivity contribution >= 4 is 0 Å². The summed E-state index contributed by atoms with van der Waals surface area (Å²) in [6.07, 6.45) is 11.8. The van der Waals surface area contributed by atoms with E-state index >= 15 is 0 Å². The van der Waals surface area contributed by atoms with Gasteiger partial charge in [-0.15, -0.1) is 0 Å². The molecule has 0 radical (unpaired) electrons. The molecule has 1 aliphatic rings. The van der Waals surface area contributed by atoms with Crippen molar-refractivity contribution in [1.82, 2.24) is 0 Å². The Morgan fingerprint density at radius 3 is 2.26 bits per heavy atom. The number of hydrogen-bond acceptors (Lipinski definition) is 4. The minimum atomic E-state index is -1.10. The van der Waals surface area contributed by atoms with Gasteiger partial charge in [0, 0.05) is 11.8 Å². The smallest absolute Gasteiger partial charge is 0.0984 e. The van der Waals surface area contributed by atoms with Crippen LogP contribution < -0.4 is 0 Å². The van der Waals surface area contributed by atoms with E-state index in [2.05, 4.69) is 19.9 Å². The van der Waals surface area contributed by atoms with Crippen LogP contribution in [0.25, 0.3) is 0 Å². The summed E-state index contributed by atoms with van der Waals surface area (Å²) in [5, 5.41) is 39.6. The molecule has 23 heavy (non-hydrogen) atoms. The summed E-state index contributed by atoms with van der Waals surface area (Å²) in [7, 11) is 0. The first-order valence-electron chi connectivity index (χ1n) is 8.30. The number of allylic oxidation sites excluding steroid dienone is 7. The van der Waals surface area contributed by atoms with Gasteiger partial charge in [0.05, 0.1) is 24.4 Å². The van der Waals surface area contributed by atoms with E-state index in [0.717, 1.165) is 6.42 Å². The Bertz CT molecular complexity index is 450. The van der Waals surface area contributed by atoms with Gasteiger partial charge in [-0.1, -0.05) is 68.9 Å². The summed E-state index contributed by atoms with van der Waals surface area (Å²) < 4.78 is 0. The van der Waals surface area contributed by atoms with Crippen LogP contribution in [0.15, 0.2) is 48.6 Å². The Morgan fingerprint density at radius 1 is 1.00 bits per heavy atom. The van der Waals surface area contributed by atoms with Crippen LogP contribution in [0.4, 0.5) is 0 Å². The van der Waals surface area contributed by atoms with Crippen LogP contribution in [-0.2, 0) is 0 Å². The van der Waals surface area contributed by atoms with Gasteiger partial charge in [-0.2, -0.15) is 0 Å². The second-order valence-corrected chi connectivity index (χ2v) is 6.29. The summed E-state index contributed by atoms with van der Waals surface area (Å²) in [4.78, 5) is 0. The van der Waals surface area contributed by atoms with E-state index in [9.17, 15) is 20.4 Å². The normalized spacial score (nSPS) is 32.8. The zero-order valence-electron chi connectivity index (χ0n) is 14.2. The van der Waals surface area contributed by atoms with Gasteiger partial charge >= 0.3 is 0 Å². The standard InChI is InChI=1S/C19H30O4/c1-4-13(2)9-7-5-6-8-10-15-11-12-16(21)19(23)17(15)18(22)14(3)20/h5-23H,4H2,1-3H3. The molecular formula is C19H30O4. The molecule has 4 nitrogen and oxygen atoms in total. The van der Waals surface area contributed by atoms with Crippen molar-refractivity contribution < 1.29 is 20.4 Å². The molecule has 0 aromatic heterocycles. The maximum atomic E-state index is 10.1. The molecule has 130 valence electrons. The second kappa shape index (κ2) is 9.83. The monoisotopic (exact) mass is 322 g/mol. The third-order valence-corrected chi connectivity index (χ3v) is 4.36. The Labute approximate surface area is 139 Å². The zero-order valence-corrected chi connectivity index (χ0v) is 14.2. The van der Waals surface area contributed by atoms with Crippen LogP contribution in [0.3, 0.4) is 0 Å². The van der Waals surface area contributed by atoms with Crippen LogP contribution in [0.5, 0.6) is 0 Å². The molecule has 0 aromatic rings. The minimum absolute atomic E-state index is 0.249. The first-order valence-corrected chi connectivity index (χ1v) is 8.30. The van der Waals surface area contributed by atoms with Crippen molar-refractivity contribution in [2.75, 3.05) is 0 Å². The molecule has 0 aliphatic heterocycles. The van der Waals surface area contributed by atoms with Gasteiger partial charge in [0.15, 0.2) is 0 Å². The average molecular weight is 322 g/mol. The maximum Gasteiger partial charge on any atom is 0.0984 e. The Balaban J connectivity index is 2.75. The maximum absolute atomic E-state index is 10.1. The summed E-state index contributed by atoms with van der Waals surface area (Å²) in [5.41, 5.74) is 0. The predicted octanol–water partition coefficient (Wildman–Crippen LogP) is 1.97. The molecule has 0 bridgehead atoms. The van der Waals surface area contributed by atoms with Crippen molar-refractivity contribution in [2.24, 2.45) is 17.8 Å². The molecule has 0 amide bonds. The van der Waals surface area contributed by atoms with Crippen LogP contribution in [0, 0.1) is 17.8 Å². The summed E-state index contributed by atoms with van der Waals surface area (Å²) in [6.45, 7) is 5.77. The van der Waals surface area contributed by atoms with E-state index in [-0.39, 0.29) is 5.92 Å². The molecule has 4 heteroatoms. The minimum Gasteiger partial charge on any atom is -0.391 e. The molecule has 7 atom stereocenters. The average Bonchev–Trinajstić information content (AvgIpc) is 2.53. The molecule has 0 saturated heterocycles. The van der Waals surface area contributed by atoms with Gasteiger partial charge in [-0.05, 0) is 12.8 Å². The lowest BCUT2D eigenvalue weighted by Gasteiger charge is -2.37. The number of rotatable bonds is 7. The second-order valence-electron chi connectivity index (χ2n) is 6.29. The third kappa shape index (κ3) is 6.07. The summed E-state index contributed by atoms with van der Waals surface area (Å²) in [6, 6.07) is 0. The first-order chi connectivity index (χ1) is 10.9. The van der Waals surface area contributed by atoms with E-state index in [1.54, 1.807) is 6.08 Å². The topological polar surface area (TPSA) is 80.9 Å². The highest BCUT2D eigenvalue weighted by molar-refractivity contribution is 5.18. The Hall–Kier alpha value is -1.20. The molecule has 0 fully saturated rings. The fourth-order valence-electron chi connectivity index (χ4n) is 2.59. The molecular weight excluding hydrogens is 292 g/mol. The van der Waals surface area contributed by atoms with Gasteiger partial charge in [0.25, 0.3) is 0 Å². The fourth-order valence-corrected chi connectivity index (χ4v) is 2.59. The van der Waals surface area contributed by atoms with Crippen molar-refractivity contribution in [3.05, 3.63) is 48.6 Å². The highest BCUT2D eigenvalue weighted by Gasteiger charge is 2.39. The molecule has 0 aromatic carbocycles. The van der Waals surface area contributed by atoms with Crippen LogP contribution in [-0.4, -0.2) is 44.8 Å². The molecule has 1 rings (SSSR count). The van der Waals surface area contributed by atoms with Crippen LogP contribution in [0.2, 0.25) is 0 Å². The summed E-state index contributed by atoms with van der Waals surface area (Å²) in [5.74, 6) is -0.344. The number of aliphatic hydroxyl groups excluding tert-OH is 4. The SMILES string of the molecule is CCC(C)C=CC=CC=CC1C=CC(O)C(O)C1C(O)C(C)O. The first kappa shape index (κ1) is 19.8. The molecule has 1 aliphatic carbocycles.